The molecule has 1 N–H and O–H groups in total. The van der Waals surface area contributed by atoms with Crippen molar-refractivity contribution >= 4 is 0 Å². The highest BCUT2D eigenvalue weighted by molar-refractivity contribution is 4.84. The Morgan fingerprint density at radius 1 is 1.32 bits per heavy atom. The van der Waals surface area contributed by atoms with Gasteiger partial charge < -0.3 is 10.1 Å². The summed E-state index contributed by atoms with van der Waals surface area (Å²) in [5.41, 5.74) is 0.203. The van der Waals surface area contributed by atoms with Gasteiger partial charge in [0, 0.05) is 31.8 Å². The first-order chi connectivity index (χ1) is 8.83. The number of rotatable bonds is 6. The maximum atomic E-state index is 5.34. The average Bonchev–Trinajstić information content (AvgIpc) is 2.28. The van der Waals surface area contributed by atoms with Crippen molar-refractivity contribution in [1.29, 1.82) is 0 Å². The number of methoxy groups -OCH3 is 1. The molecule has 1 aliphatic rings. The van der Waals surface area contributed by atoms with Crippen molar-refractivity contribution in [3.8, 4) is 0 Å². The second kappa shape index (κ2) is 7.61. The quantitative estimate of drug-likeness (QED) is 0.803. The zero-order chi connectivity index (χ0) is 14.5. The van der Waals surface area contributed by atoms with E-state index in [1.165, 1.54) is 25.9 Å². The molecule has 1 heterocycles. The summed E-state index contributed by atoms with van der Waals surface area (Å²) in [7, 11) is 1.82. The molecule has 0 bridgehead atoms. The number of piperidine rings is 1. The molecular formula is C16H34N2O. The van der Waals surface area contributed by atoms with Crippen LogP contribution in [-0.4, -0.2) is 49.8 Å². The van der Waals surface area contributed by atoms with Gasteiger partial charge in [-0.05, 0) is 52.0 Å². The van der Waals surface area contributed by atoms with Gasteiger partial charge in [0.25, 0.3) is 0 Å². The molecular weight excluding hydrogens is 236 g/mol. The molecule has 0 amide bonds. The minimum Gasteiger partial charge on any atom is -0.384 e. The van der Waals surface area contributed by atoms with E-state index in [1.54, 1.807) is 0 Å². The largest absolute Gasteiger partial charge is 0.384 e. The van der Waals surface area contributed by atoms with Crippen LogP contribution in [0.4, 0.5) is 0 Å². The first-order valence-electron chi connectivity index (χ1n) is 7.81. The van der Waals surface area contributed by atoms with Crippen molar-refractivity contribution in [3.05, 3.63) is 0 Å². The number of hydrogen-bond donors (Lipinski definition) is 1. The molecule has 0 spiro atoms. The highest BCUT2D eigenvalue weighted by Gasteiger charge is 2.28. The highest BCUT2D eigenvalue weighted by atomic mass is 16.5. The minimum absolute atomic E-state index is 0.203. The Hall–Kier alpha value is -0.120. The van der Waals surface area contributed by atoms with Crippen molar-refractivity contribution in [1.82, 2.24) is 10.2 Å². The average molecular weight is 270 g/mol. The third-order valence-corrected chi connectivity index (χ3v) is 4.03. The molecule has 1 saturated heterocycles. The van der Waals surface area contributed by atoms with Crippen LogP contribution in [0.5, 0.6) is 0 Å². The zero-order valence-corrected chi connectivity index (χ0v) is 13.8. The molecule has 1 aliphatic heterocycles. The van der Waals surface area contributed by atoms with E-state index >= 15 is 0 Å². The van der Waals surface area contributed by atoms with Gasteiger partial charge in [0.1, 0.15) is 0 Å². The topological polar surface area (TPSA) is 24.5 Å². The smallest absolute Gasteiger partial charge is 0.0502 e. The summed E-state index contributed by atoms with van der Waals surface area (Å²) in [6, 6.07) is 0.638. The van der Waals surface area contributed by atoms with Crippen LogP contribution in [0.25, 0.3) is 0 Å². The van der Waals surface area contributed by atoms with E-state index in [-0.39, 0.29) is 5.54 Å². The summed E-state index contributed by atoms with van der Waals surface area (Å²) in [6.07, 6.45) is 2.63. The van der Waals surface area contributed by atoms with Crippen LogP contribution in [-0.2, 0) is 4.74 Å². The van der Waals surface area contributed by atoms with Crippen molar-refractivity contribution in [2.75, 3.05) is 33.4 Å². The van der Waals surface area contributed by atoms with Crippen LogP contribution in [0.2, 0.25) is 0 Å². The first-order valence-corrected chi connectivity index (χ1v) is 7.81. The van der Waals surface area contributed by atoms with E-state index in [9.17, 15) is 0 Å². The van der Waals surface area contributed by atoms with Crippen LogP contribution in [0.15, 0.2) is 0 Å². The molecule has 1 rings (SSSR count). The molecule has 1 fully saturated rings. The fraction of sp³-hybridized carbons (Fsp3) is 1.00. The molecule has 0 aromatic rings. The predicted molar refractivity (Wildman–Crippen MR) is 82.6 cm³/mol. The lowest BCUT2D eigenvalue weighted by Crippen LogP contribution is -2.53. The lowest BCUT2D eigenvalue weighted by Gasteiger charge is -2.41. The van der Waals surface area contributed by atoms with E-state index in [2.05, 4.69) is 44.8 Å². The zero-order valence-electron chi connectivity index (χ0n) is 13.8. The van der Waals surface area contributed by atoms with Crippen LogP contribution in [0.1, 0.15) is 47.5 Å². The number of hydrogen-bond acceptors (Lipinski definition) is 3. The molecule has 3 heteroatoms. The maximum absolute atomic E-state index is 5.34. The minimum atomic E-state index is 0.203. The van der Waals surface area contributed by atoms with E-state index in [0.717, 1.165) is 19.1 Å². The molecule has 2 atom stereocenters. The molecule has 3 nitrogen and oxygen atoms in total. The van der Waals surface area contributed by atoms with E-state index in [0.29, 0.717) is 12.0 Å². The summed E-state index contributed by atoms with van der Waals surface area (Å²) in [5, 5.41) is 3.67. The van der Waals surface area contributed by atoms with E-state index in [1.807, 2.05) is 7.11 Å². The molecule has 0 aromatic heterocycles. The van der Waals surface area contributed by atoms with Gasteiger partial charge in [-0.25, -0.2) is 0 Å². The molecule has 0 radical (unpaired) electrons. The Balaban J connectivity index is 2.55. The van der Waals surface area contributed by atoms with Gasteiger partial charge in [0.2, 0.25) is 0 Å². The van der Waals surface area contributed by atoms with Gasteiger partial charge in [0.15, 0.2) is 0 Å². The molecule has 0 aliphatic carbocycles. The van der Waals surface area contributed by atoms with Crippen LogP contribution in [0, 0.1) is 11.8 Å². The van der Waals surface area contributed by atoms with Crippen molar-refractivity contribution < 1.29 is 4.74 Å². The fourth-order valence-corrected chi connectivity index (χ4v) is 2.97. The fourth-order valence-electron chi connectivity index (χ4n) is 2.97. The Kier molecular flexibility index (Phi) is 6.78. The summed E-state index contributed by atoms with van der Waals surface area (Å²) in [4.78, 5) is 2.68. The normalized spacial score (nSPS) is 23.8. The Bertz CT molecular complexity index is 246. The second-order valence-corrected chi connectivity index (χ2v) is 7.40. The summed E-state index contributed by atoms with van der Waals surface area (Å²) in [5.74, 6) is 1.41. The summed E-state index contributed by atoms with van der Waals surface area (Å²) < 4.78 is 5.34. The van der Waals surface area contributed by atoms with Crippen LogP contribution < -0.4 is 5.32 Å². The summed E-state index contributed by atoms with van der Waals surface area (Å²) >= 11 is 0. The van der Waals surface area contributed by atoms with Gasteiger partial charge in [0.05, 0.1) is 6.61 Å². The monoisotopic (exact) mass is 270 g/mol. The standard InChI is InChI=1S/C16H34N2O/c1-13(2)15(10-17-16(3,4)5)18-9-7-8-14(11-18)12-19-6/h13-15,17H,7-12H2,1-6H3. The Morgan fingerprint density at radius 3 is 2.53 bits per heavy atom. The van der Waals surface area contributed by atoms with Crippen molar-refractivity contribution in [3.63, 3.8) is 0 Å². The number of likely N-dealkylation sites (tertiary alicyclic amines) is 1. The van der Waals surface area contributed by atoms with Gasteiger partial charge in [-0.2, -0.15) is 0 Å². The van der Waals surface area contributed by atoms with Gasteiger partial charge in [-0.3, -0.25) is 4.90 Å². The Morgan fingerprint density at radius 2 is 2.00 bits per heavy atom. The molecule has 0 saturated carbocycles. The third-order valence-electron chi connectivity index (χ3n) is 4.03. The second-order valence-electron chi connectivity index (χ2n) is 7.40. The summed E-state index contributed by atoms with van der Waals surface area (Å²) in [6.45, 7) is 15.9. The van der Waals surface area contributed by atoms with E-state index in [4.69, 9.17) is 4.74 Å². The number of ether oxygens (including phenoxy) is 1. The maximum Gasteiger partial charge on any atom is 0.0502 e. The lowest BCUT2D eigenvalue weighted by atomic mass is 9.93. The van der Waals surface area contributed by atoms with Crippen LogP contribution in [0.3, 0.4) is 0 Å². The van der Waals surface area contributed by atoms with Gasteiger partial charge in [-0.15, -0.1) is 0 Å². The van der Waals surface area contributed by atoms with Crippen molar-refractivity contribution in [2.45, 2.75) is 59.0 Å². The predicted octanol–water partition coefficient (Wildman–Crippen LogP) is 2.76. The highest BCUT2D eigenvalue weighted by Crippen LogP contribution is 2.22. The third kappa shape index (κ3) is 6.24. The van der Waals surface area contributed by atoms with Gasteiger partial charge in [-0.1, -0.05) is 13.8 Å². The molecule has 114 valence electrons. The SMILES string of the molecule is COCC1CCCN(C(CNC(C)(C)C)C(C)C)C1. The first kappa shape index (κ1) is 16.9. The number of nitrogens with zero attached hydrogens (tertiary/aromatic N) is 1. The van der Waals surface area contributed by atoms with Gasteiger partial charge >= 0.3 is 0 Å². The Labute approximate surface area is 120 Å². The van der Waals surface area contributed by atoms with E-state index < -0.39 is 0 Å². The number of nitrogens with one attached hydrogen (secondary N) is 1. The molecule has 19 heavy (non-hydrogen) atoms. The lowest BCUT2D eigenvalue weighted by molar-refractivity contribution is 0.0524. The molecule has 0 aromatic carbocycles. The molecule has 2 unspecified atom stereocenters. The van der Waals surface area contributed by atoms with Crippen molar-refractivity contribution in [2.24, 2.45) is 11.8 Å². The van der Waals surface area contributed by atoms with Crippen LogP contribution >= 0.6 is 0 Å².